The minimum absolute atomic E-state index is 0.508. The van der Waals surface area contributed by atoms with Crippen molar-refractivity contribution in [2.24, 2.45) is 7.05 Å². The molecule has 4 nitrogen and oxygen atoms in total. The van der Waals surface area contributed by atoms with Crippen molar-refractivity contribution in [1.29, 1.82) is 0 Å². The number of aryl methyl sites for hydroxylation is 1. The highest BCUT2D eigenvalue weighted by molar-refractivity contribution is 5.54. The van der Waals surface area contributed by atoms with E-state index < -0.39 is 0 Å². The number of anilines is 1. The first kappa shape index (κ1) is 13.2. The van der Waals surface area contributed by atoms with Gasteiger partial charge in [0.2, 0.25) is 0 Å². The van der Waals surface area contributed by atoms with E-state index in [1.807, 2.05) is 17.9 Å². The van der Waals surface area contributed by atoms with Crippen molar-refractivity contribution in [3.63, 3.8) is 0 Å². The van der Waals surface area contributed by atoms with Gasteiger partial charge in [-0.2, -0.15) is 5.10 Å². The molecule has 0 saturated carbocycles. The van der Waals surface area contributed by atoms with Crippen molar-refractivity contribution in [2.45, 2.75) is 25.9 Å². The first-order valence-corrected chi connectivity index (χ1v) is 7.27. The van der Waals surface area contributed by atoms with Crippen molar-refractivity contribution in [3.8, 4) is 0 Å². The molecule has 1 N–H and O–H groups in total. The fourth-order valence-electron chi connectivity index (χ4n) is 2.85. The minimum Gasteiger partial charge on any atom is -0.369 e. The number of aromatic nitrogens is 2. The van der Waals surface area contributed by atoms with Gasteiger partial charge < -0.3 is 10.2 Å². The number of fused-ring (bicyclic) bond motifs is 1. The van der Waals surface area contributed by atoms with Crippen LogP contribution in [0.4, 0.5) is 5.69 Å². The molecule has 106 valence electrons. The lowest BCUT2D eigenvalue weighted by molar-refractivity contribution is 0.551. The third-order valence-electron chi connectivity index (χ3n) is 4.03. The molecule has 4 heteroatoms. The third kappa shape index (κ3) is 2.70. The number of nitrogens with one attached hydrogen (secondary N) is 1. The number of para-hydroxylation sites is 1. The standard InChI is InChI=1S/C16H22N4/c1-13-12-20(10-8-15-7-9-18-19(15)2)16-6-4-3-5-14(16)11-17-13/h3-7,9,13,17H,8,10-12H2,1-2H3. The van der Waals surface area contributed by atoms with E-state index in [9.17, 15) is 0 Å². The summed E-state index contributed by atoms with van der Waals surface area (Å²) in [6, 6.07) is 11.3. The van der Waals surface area contributed by atoms with E-state index in [2.05, 4.69) is 52.6 Å². The number of hydrogen-bond acceptors (Lipinski definition) is 3. The fourth-order valence-corrected chi connectivity index (χ4v) is 2.85. The van der Waals surface area contributed by atoms with Gasteiger partial charge in [-0.15, -0.1) is 0 Å². The molecule has 1 unspecified atom stereocenters. The number of nitrogens with zero attached hydrogens (tertiary/aromatic N) is 3. The van der Waals surface area contributed by atoms with Crippen LogP contribution >= 0.6 is 0 Å². The Morgan fingerprint density at radius 1 is 1.30 bits per heavy atom. The largest absolute Gasteiger partial charge is 0.369 e. The summed E-state index contributed by atoms with van der Waals surface area (Å²) < 4.78 is 1.96. The van der Waals surface area contributed by atoms with Gasteiger partial charge in [0.1, 0.15) is 0 Å². The van der Waals surface area contributed by atoms with Crippen LogP contribution in [0.25, 0.3) is 0 Å². The van der Waals surface area contributed by atoms with Gasteiger partial charge in [0.05, 0.1) is 0 Å². The first-order chi connectivity index (χ1) is 9.74. The van der Waals surface area contributed by atoms with Crippen molar-refractivity contribution in [1.82, 2.24) is 15.1 Å². The quantitative estimate of drug-likeness (QED) is 0.925. The van der Waals surface area contributed by atoms with Crippen molar-refractivity contribution < 1.29 is 0 Å². The summed E-state index contributed by atoms with van der Waals surface area (Å²) in [4.78, 5) is 2.49. The molecule has 1 aliphatic rings. The molecule has 0 amide bonds. The van der Waals surface area contributed by atoms with E-state index in [0.717, 1.165) is 26.1 Å². The second-order valence-electron chi connectivity index (χ2n) is 5.55. The maximum atomic E-state index is 4.24. The Hall–Kier alpha value is -1.81. The summed E-state index contributed by atoms with van der Waals surface area (Å²) in [6.07, 6.45) is 2.90. The molecule has 3 rings (SSSR count). The normalized spacial score (nSPS) is 18.7. The zero-order valence-corrected chi connectivity index (χ0v) is 12.2. The highest BCUT2D eigenvalue weighted by Crippen LogP contribution is 2.23. The minimum atomic E-state index is 0.508. The number of rotatable bonds is 3. The maximum Gasteiger partial charge on any atom is 0.0492 e. The second kappa shape index (κ2) is 5.67. The third-order valence-corrected chi connectivity index (χ3v) is 4.03. The van der Waals surface area contributed by atoms with Crippen LogP contribution in [0.15, 0.2) is 36.5 Å². The maximum absolute atomic E-state index is 4.24. The van der Waals surface area contributed by atoms with Crippen LogP contribution in [0, 0.1) is 0 Å². The van der Waals surface area contributed by atoms with Gasteiger partial charge in [-0.25, -0.2) is 0 Å². The lowest BCUT2D eigenvalue weighted by atomic mass is 10.1. The van der Waals surface area contributed by atoms with Crippen molar-refractivity contribution >= 4 is 5.69 Å². The SMILES string of the molecule is CC1CN(CCc2ccnn2C)c2ccccc2CN1. The fraction of sp³-hybridized carbons (Fsp3) is 0.438. The number of hydrogen-bond donors (Lipinski definition) is 1. The van der Waals surface area contributed by atoms with E-state index in [4.69, 9.17) is 0 Å². The molecule has 0 spiro atoms. The summed E-state index contributed by atoms with van der Waals surface area (Å²) in [5, 5.41) is 7.82. The molecule has 0 bridgehead atoms. The molecule has 1 atom stereocenters. The molecule has 0 saturated heterocycles. The lowest BCUT2D eigenvalue weighted by Gasteiger charge is -2.26. The van der Waals surface area contributed by atoms with Gasteiger partial charge in [-0.1, -0.05) is 18.2 Å². The average Bonchev–Trinajstić information content (AvgIpc) is 2.79. The van der Waals surface area contributed by atoms with E-state index in [1.54, 1.807) is 0 Å². The van der Waals surface area contributed by atoms with Crippen LogP contribution in [0.3, 0.4) is 0 Å². The van der Waals surface area contributed by atoms with Gasteiger partial charge in [0.15, 0.2) is 0 Å². The molecular formula is C16H22N4. The molecule has 0 radical (unpaired) electrons. The average molecular weight is 270 g/mol. The Kier molecular flexibility index (Phi) is 3.74. The lowest BCUT2D eigenvalue weighted by Crippen LogP contribution is -2.37. The zero-order chi connectivity index (χ0) is 13.9. The van der Waals surface area contributed by atoms with E-state index in [0.29, 0.717) is 6.04 Å². The van der Waals surface area contributed by atoms with Crippen LogP contribution < -0.4 is 10.2 Å². The monoisotopic (exact) mass is 270 g/mol. The summed E-state index contributed by atoms with van der Waals surface area (Å²) in [7, 11) is 2.01. The predicted molar refractivity (Wildman–Crippen MR) is 81.9 cm³/mol. The van der Waals surface area contributed by atoms with Crippen LogP contribution in [0.2, 0.25) is 0 Å². The van der Waals surface area contributed by atoms with Crippen LogP contribution in [0.1, 0.15) is 18.2 Å². The van der Waals surface area contributed by atoms with Crippen LogP contribution in [-0.2, 0) is 20.0 Å². The molecule has 1 aliphatic heterocycles. The van der Waals surface area contributed by atoms with Crippen molar-refractivity contribution in [2.75, 3.05) is 18.0 Å². The molecule has 1 aromatic carbocycles. The molecule has 1 aromatic heterocycles. The summed E-state index contributed by atoms with van der Waals surface area (Å²) >= 11 is 0. The topological polar surface area (TPSA) is 33.1 Å². The zero-order valence-electron chi connectivity index (χ0n) is 12.2. The van der Waals surface area contributed by atoms with Crippen LogP contribution in [-0.4, -0.2) is 28.9 Å². The van der Waals surface area contributed by atoms with Gasteiger partial charge in [0.25, 0.3) is 0 Å². The Labute approximate surface area is 120 Å². The van der Waals surface area contributed by atoms with Gasteiger partial charge in [-0.05, 0) is 24.6 Å². The molecule has 2 heterocycles. The van der Waals surface area contributed by atoms with E-state index in [-0.39, 0.29) is 0 Å². The van der Waals surface area contributed by atoms with Gasteiger partial charge >= 0.3 is 0 Å². The van der Waals surface area contributed by atoms with Gasteiger partial charge in [-0.3, -0.25) is 4.68 Å². The molecule has 2 aromatic rings. The van der Waals surface area contributed by atoms with E-state index >= 15 is 0 Å². The molecule has 20 heavy (non-hydrogen) atoms. The highest BCUT2D eigenvalue weighted by Gasteiger charge is 2.18. The first-order valence-electron chi connectivity index (χ1n) is 7.27. The second-order valence-corrected chi connectivity index (χ2v) is 5.55. The summed E-state index contributed by atoms with van der Waals surface area (Å²) in [5.41, 5.74) is 4.04. The molecular weight excluding hydrogens is 248 g/mol. The Balaban J connectivity index is 1.78. The summed E-state index contributed by atoms with van der Waals surface area (Å²) in [6.45, 7) is 5.29. The molecule has 0 aliphatic carbocycles. The smallest absolute Gasteiger partial charge is 0.0492 e. The van der Waals surface area contributed by atoms with Crippen LogP contribution in [0.5, 0.6) is 0 Å². The van der Waals surface area contributed by atoms with E-state index in [1.165, 1.54) is 16.9 Å². The highest BCUT2D eigenvalue weighted by atomic mass is 15.3. The van der Waals surface area contributed by atoms with Gasteiger partial charge in [0, 0.05) is 56.7 Å². The van der Waals surface area contributed by atoms with Crippen molar-refractivity contribution in [3.05, 3.63) is 47.8 Å². The Bertz CT molecular complexity index is 575. The predicted octanol–water partition coefficient (Wildman–Crippen LogP) is 1.96. The Morgan fingerprint density at radius 2 is 2.15 bits per heavy atom. The molecule has 0 fully saturated rings. The summed E-state index contributed by atoms with van der Waals surface area (Å²) in [5.74, 6) is 0. The number of benzene rings is 1. The Morgan fingerprint density at radius 3 is 2.95 bits per heavy atom.